The maximum absolute atomic E-state index is 12.1. The second-order valence-corrected chi connectivity index (χ2v) is 5.23. The van der Waals surface area contributed by atoms with Crippen LogP contribution in [0.15, 0.2) is 24.3 Å². The lowest BCUT2D eigenvalue weighted by atomic mass is 10.0. The molecule has 1 heterocycles. The summed E-state index contributed by atoms with van der Waals surface area (Å²) in [5, 5.41) is 3.16. The summed E-state index contributed by atoms with van der Waals surface area (Å²) in [6.07, 6.45) is 0. The standard InChI is InChI=1S/C14H18N2O3/c1-14(2)9-16(12(17)8-15-14)11-7-5-4-6-10(11)13(18)19-3/h4-7,15H,8-9H2,1-3H3. The van der Waals surface area contributed by atoms with Crippen LogP contribution in [0.5, 0.6) is 0 Å². The number of nitrogens with one attached hydrogen (secondary N) is 1. The number of para-hydroxylation sites is 1. The Kier molecular flexibility index (Phi) is 3.57. The second-order valence-electron chi connectivity index (χ2n) is 5.23. The highest BCUT2D eigenvalue weighted by atomic mass is 16.5. The molecule has 2 rings (SSSR count). The number of rotatable bonds is 2. The van der Waals surface area contributed by atoms with E-state index in [0.29, 0.717) is 17.8 Å². The van der Waals surface area contributed by atoms with Crippen molar-refractivity contribution in [3.8, 4) is 0 Å². The van der Waals surface area contributed by atoms with E-state index in [0.717, 1.165) is 0 Å². The van der Waals surface area contributed by atoms with Crippen molar-refractivity contribution in [2.75, 3.05) is 25.1 Å². The number of hydrogen-bond donors (Lipinski definition) is 1. The molecule has 0 radical (unpaired) electrons. The van der Waals surface area contributed by atoms with Crippen molar-refractivity contribution in [2.24, 2.45) is 0 Å². The summed E-state index contributed by atoms with van der Waals surface area (Å²) in [6, 6.07) is 7.01. The Labute approximate surface area is 112 Å². The first-order valence-corrected chi connectivity index (χ1v) is 6.17. The van der Waals surface area contributed by atoms with E-state index in [-0.39, 0.29) is 18.0 Å². The van der Waals surface area contributed by atoms with Crippen molar-refractivity contribution in [3.05, 3.63) is 29.8 Å². The van der Waals surface area contributed by atoms with E-state index in [1.165, 1.54) is 7.11 Å². The summed E-state index contributed by atoms with van der Waals surface area (Å²) in [5.74, 6) is -0.476. The molecule has 0 bridgehead atoms. The first-order chi connectivity index (χ1) is 8.94. The van der Waals surface area contributed by atoms with E-state index < -0.39 is 5.97 Å². The van der Waals surface area contributed by atoms with Gasteiger partial charge in [0.05, 0.1) is 24.9 Å². The second kappa shape index (κ2) is 5.01. The summed E-state index contributed by atoms with van der Waals surface area (Å²) >= 11 is 0. The third-order valence-electron chi connectivity index (χ3n) is 3.17. The Bertz CT molecular complexity index is 511. The average Bonchev–Trinajstić information content (AvgIpc) is 2.41. The van der Waals surface area contributed by atoms with Crippen molar-refractivity contribution in [1.82, 2.24) is 5.32 Å². The highest BCUT2D eigenvalue weighted by molar-refractivity contribution is 6.03. The number of carbonyl (C=O) groups excluding carboxylic acids is 2. The number of hydrogen-bond acceptors (Lipinski definition) is 4. The highest BCUT2D eigenvalue weighted by Gasteiger charge is 2.33. The molecule has 1 saturated heterocycles. The van der Waals surface area contributed by atoms with Crippen LogP contribution in [0.4, 0.5) is 5.69 Å². The fourth-order valence-electron chi connectivity index (χ4n) is 2.16. The van der Waals surface area contributed by atoms with Gasteiger partial charge in [-0.25, -0.2) is 4.79 Å². The number of piperazine rings is 1. The minimum atomic E-state index is -0.431. The molecule has 0 aliphatic carbocycles. The van der Waals surface area contributed by atoms with Crippen LogP contribution in [-0.2, 0) is 9.53 Å². The molecule has 0 unspecified atom stereocenters. The molecule has 1 fully saturated rings. The zero-order chi connectivity index (χ0) is 14.0. The van der Waals surface area contributed by atoms with Crippen molar-refractivity contribution in [3.63, 3.8) is 0 Å². The third-order valence-corrected chi connectivity index (χ3v) is 3.17. The van der Waals surface area contributed by atoms with Crippen LogP contribution in [0.1, 0.15) is 24.2 Å². The normalized spacial score (nSPS) is 18.3. The van der Waals surface area contributed by atoms with Gasteiger partial charge in [-0.1, -0.05) is 12.1 Å². The SMILES string of the molecule is COC(=O)c1ccccc1N1CC(C)(C)NCC1=O. The molecule has 0 aromatic heterocycles. The first kappa shape index (κ1) is 13.5. The molecule has 1 aromatic rings. The number of nitrogens with zero attached hydrogens (tertiary/aromatic N) is 1. The molecule has 0 saturated carbocycles. The number of benzene rings is 1. The monoisotopic (exact) mass is 262 g/mol. The number of esters is 1. The number of amides is 1. The summed E-state index contributed by atoms with van der Waals surface area (Å²) in [7, 11) is 1.34. The molecule has 0 spiro atoms. The lowest BCUT2D eigenvalue weighted by Gasteiger charge is -2.39. The summed E-state index contributed by atoms with van der Waals surface area (Å²) < 4.78 is 4.76. The molecule has 1 aliphatic heterocycles. The first-order valence-electron chi connectivity index (χ1n) is 6.17. The molecule has 1 amide bonds. The minimum absolute atomic E-state index is 0.0457. The van der Waals surface area contributed by atoms with Crippen LogP contribution >= 0.6 is 0 Å². The van der Waals surface area contributed by atoms with Crippen LogP contribution in [0.2, 0.25) is 0 Å². The zero-order valence-corrected chi connectivity index (χ0v) is 11.4. The van der Waals surface area contributed by atoms with E-state index in [1.54, 1.807) is 23.1 Å². The molecule has 19 heavy (non-hydrogen) atoms. The molecule has 5 nitrogen and oxygen atoms in total. The smallest absolute Gasteiger partial charge is 0.339 e. The van der Waals surface area contributed by atoms with Gasteiger partial charge in [0.15, 0.2) is 0 Å². The summed E-state index contributed by atoms with van der Waals surface area (Å²) in [5.41, 5.74) is 0.835. The van der Waals surface area contributed by atoms with E-state index in [4.69, 9.17) is 4.74 Å². The molecule has 1 N–H and O–H groups in total. The predicted octanol–water partition coefficient (Wildman–Crippen LogP) is 1.19. The Balaban J connectivity index is 2.40. The van der Waals surface area contributed by atoms with Gasteiger partial charge in [-0.2, -0.15) is 0 Å². The van der Waals surface area contributed by atoms with Gasteiger partial charge in [-0.15, -0.1) is 0 Å². The number of methoxy groups -OCH3 is 1. The molecular formula is C14H18N2O3. The van der Waals surface area contributed by atoms with Crippen LogP contribution in [0.25, 0.3) is 0 Å². The van der Waals surface area contributed by atoms with Crippen LogP contribution < -0.4 is 10.2 Å². The summed E-state index contributed by atoms with van der Waals surface area (Å²) in [6.45, 7) is 4.82. The maximum atomic E-state index is 12.1. The Morgan fingerprint density at radius 1 is 1.37 bits per heavy atom. The van der Waals surface area contributed by atoms with Gasteiger partial charge >= 0.3 is 5.97 Å². The van der Waals surface area contributed by atoms with Gasteiger partial charge in [-0.3, -0.25) is 4.79 Å². The van der Waals surface area contributed by atoms with E-state index in [9.17, 15) is 9.59 Å². The lowest BCUT2D eigenvalue weighted by Crippen LogP contribution is -2.60. The number of anilines is 1. The van der Waals surface area contributed by atoms with Crippen LogP contribution in [0.3, 0.4) is 0 Å². The molecule has 102 valence electrons. The predicted molar refractivity (Wildman–Crippen MR) is 72.2 cm³/mol. The Morgan fingerprint density at radius 2 is 2.05 bits per heavy atom. The fraction of sp³-hybridized carbons (Fsp3) is 0.429. The zero-order valence-electron chi connectivity index (χ0n) is 11.4. The van der Waals surface area contributed by atoms with Crippen LogP contribution in [-0.4, -0.2) is 37.6 Å². The van der Waals surface area contributed by atoms with Gasteiger partial charge in [0.25, 0.3) is 0 Å². The Morgan fingerprint density at radius 3 is 2.74 bits per heavy atom. The Hall–Kier alpha value is -1.88. The lowest BCUT2D eigenvalue weighted by molar-refractivity contribution is -0.119. The van der Waals surface area contributed by atoms with Gasteiger partial charge in [0, 0.05) is 12.1 Å². The third kappa shape index (κ3) is 2.76. The molecule has 1 aromatic carbocycles. The van der Waals surface area contributed by atoms with Crippen molar-refractivity contribution < 1.29 is 14.3 Å². The molecule has 0 atom stereocenters. The van der Waals surface area contributed by atoms with E-state index in [1.807, 2.05) is 19.9 Å². The molecule has 5 heteroatoms. The van der Waals surface area contributed by atoms with Gasteiger partial charge in [0.1, 0.15) is 0 Å². The van der Waals surface area contributed by atoms with Gasteiger partial charge in [0.2, 0.25) is 5.91 Å². The quantitative estimate of drug-likeness (QED) is 0.813. The average molecular weight is 262 g/mol. The van der Waals surface area contributed by atoms with Crippen molar-refractivity contribution in [2.45, 2.75) is 19.4 Å². The topological polar surface area (TPSA) is 58.6 Å². The van der Waals surface area contributed by atoms with Gasteiger partial charge < -0.3 is 15.0 Å². The number of carbonyl (C=O) groups is 2. The van der Waals surface area contributed by atoms with Crippen LogP contribution in [0, 0.1) is 0 Å². The fourth-order valence-corrected chi connectivity index (χ4v) is 2.16. The minimum Gasteiger partial charge on any atom is -0.465 e. The molecule has 1 aliphatic rings. The largest absolute Gasteiger partial charge is 0.465 e. The van der Waals surface area contributed by atoms with Crippen molar-refractivity contribution in [1.29, 1.82) is 0 Å². The van der Waals surface area contributed by atoms with E-state index in [2.05, 4.69) is 5.32 Å². The number of ether oxygens (including phenoxy) is 1. The van der Waals surface area contributed by atoms with Gasteiger partial charge in [-0.05, 0) is 26.0 Å². The maximum Gasteiger partial charge on any atom is 0.339 e. The summed E-state index contributed by atoms with van der Waals surface area (Å²) in [4.78, 5) is 25.5. The van der Waals surface area contributed by atoms with Crippen molar-refractivity contribution >= 4 is 17.6 Å². The molecular weight excluding hydrogens is 244 g/mol. The van der Waals surface area contributed by atoms with E-state index >= 15 is 0 Å². The highest BCUT2D eigenvalue weighted by Crippen LogP contribution is 2.25.